The number of likely N-dealkylation sites (N-methyl/N-ethyl adjacent to an activating group) is 1. The molecule has 0 spiro atoms. The third kappa shape index (κ3) is 2.08. The molecule has 0 radical (unpaired) electrons. The monoisotopic (exact) mass is 248 g/mol. The summed E-state index contributed by atoms with van der Waals surface area (Å²) < 4.78 is 2.50. The summed E-state index contributed by atoms with van der Waals surface area (Å²) in [6, 6.07) is 0. The minimum Gasteiger partial charge on any atom is -0.330 e. The summed E-state index contributed by atoms with van der Waals surface area (Å²) in [5.41, 5.74) is 8.41. The van der Waals surface area contributed by atoms with Crippen molar-refractivity contribution >= 4 is 0 Å². The van der Waals surface area contributed by atoms with E-state index in [2.05, 4.69) is 16.5 Å². The summed E-state index contributed by atoms with van der Waals surface area (Å²) in [5.74, 6) is 2.07. The van der Waals surface area contributed by atoms with Gasteiger partial charge in [-0.05, 0) is 26.4 Å². The van der Waals surface area contributed by atoms with Gasteiger partial charge in [0.25, 0.3) is 0 Å². The number of nitrogens with two attached hydrogens (primary N) is 1. The third-order valence-corrected chi connectivity index (χ3v) is 4.41. The molecule has 0 aromatic carbocycles. The maximum atomic E-state index is 5.73. The summed E-state index contributed by atoms with van der Waals surface area (Å²) in [6.45, 7) is 3.99. The third-order valence-electron chi connectivity index (χ3n) is 4.41. The lowest BCUT2D eigenvalue weighted by molar-refractivity contribution is 0.264. The second-order valence-corrected chi connectivity index (χ2v) is 5.77. The van der Waals surface area contributed by atoms with Gasteiger partial charge in [-0.15, -0.1) is 0 Å². The lowest BCUT2D eigenvalue weighted by atomic mass is 10.1. The zero-order chi connectivity index (χ0) is 12.5. The van der Waals surface area contributed by atoms with Gasteiger partial charge < -0.3 is 10.3 Å². The molecule has 1 saturated carbocycles. The molecule has 1 aromatic rings. The predicted octanol–water partition coefficient (Wildman–Crippen LogP) is 1.49. The molecule has 4 nitrogen and oxygen atoms in total. The minimum absolute atomic E-state index is 0.706. The van der Waals surface area contributed by atoms with Crippen molar-refractivity contribution in [3.8, 4) is 0 Å². The van der Waals surface area contributed by atoms with Crippen LogP contribution in [-0.2, 0) is 19.5 Å². The van der Waals surface area contributed by atoms with Crippen molar-refractivity contribution in [3.63, 3.8) is 0 Å². The van der Waals surface area contributed by atoms with Crippen LogP contribution in [0.25, 0.3) is 0 Å². The van der Waals surface area contributed by atoms with E-state index in [1.165, 1.54) is 42.9 Å². The predicted molar refractivity (Wildman–Crippen MR) is 72.5 cm³/mol. The number of rotatable bonds is 3. The molecule has 18 heavy (non-hydrogen) atoms. The molecule has 1 fully saturated rings. The van der Waals surface area contributed by atoms with Gasteiger partial charge in [0.05, 0.1) is 11.4 Å². The molecular weight excluding hydrogens is 224 g/mol. The highest BCUT2D eigenvalue weighted by Gasteiger charge is 2.27. The normalized spacial score (nSPS) is 21.4. The highest BCUT2D eigenvalue weighted by molar-refractivity contribution is 5.22. The van der Waals surface area contributed by atoms with Crippen LogP contribution in [-0.4, -0.2) is 34.6 Å². The maximum absolute atomic E-state index is 5.73. The van der Waals surface area contributed by atoms with Gasteiger partial charge in [0.2, 0.25) is 0 Å². The smallest absolute Gasteiger partial charge is 0.112 e. The van der Waals surface area contributed by atoms with Crippen molar-refractivity contribution in [1.82, 2.24) is 14.5 Å². The fourth-order valence-corrected chi connectivity index (χ4v) is 3.42. The maximum Gasteiger partial charge on any atom is 0.112 e. The van der Waals surface area contributed by atoms with Crippen molar-refractivity contribution in [2.75, 3.05) is 20.1 Å². The molecule has 2 heterocycles. The van der Waals surface area contributed by atoms with Crippen molar-refractivity contribution in [3.05, 3.63) is 17.2 Å². The standard InChI is InChI=1S/C14H24N4/c1-17-8-9-18-13(10-17)12(6-7-15)16-14(18)11-4-2-3-5-11/h11H,2-10,15H2,1H3. The first-order valence-electron chi connectivity index (χ1n) is 7.26. The summed E-state index contributed by atoms with van der Waals surface area (Å²) in [5, 5.41) is 0. The summed E-state index contributed by atoms with van der Waals surface area (Å²) in [7, 11) is 2.19. The van der Waals surface area contributed by atoms with Crippen LogP contribution in [0.1, 0.15) is 48.8 Å². The largest absolute Gasteiger partial charge is 0.330 e. The zero-order valence-electron chi connectivity index (χ0n) is 11.4. The summed E-state index contributed by atoms with van der Waals surface area (Å²) in [6.07, 6.45) is 6.33. The van der Waals surface area contributed by atoms with Gasteiger partial charge in [0.15, 0.2) is 0 Å². The average Bonchev–Trinajstić information content (AvgIpc) is 2.97. The molecule has 100 valence electrons. The Kier molecular flexibility index (Phi) is 3.39. The lowest BCUT2D eigenvalue weighted by Crippen LogP contribution is -2.31. The van der Waals surface area contributed by atoms with E-state index in [1.807, 2.05) is 0 Å². The van der Waals surface area contributed by atoms with E-state index in [0.29, 0.717) is 12.5 Å². The Morgan fingerprint density at radius 2 is 2.06 bits per heavy atom. The van der Waals surface area contributed by atoms with Crippen molar-refractivity contribution in [2.45, 2.75) is 51.1 Å². The van der Waals surface area contributed by atoms with Crippen molar-refractivity contribution in [1.29, 1.82) is 0 Å². The van der Waals surface area contributed by atoms with E-state index in [1.54, 1.807) is 0 Å². The molecule has 0 unspecified atom stereocenters. The van der Waals surface area contributed by atoms with E-state index < -0.39 is 0 Å². The Balaban J connectivity index is 1.96. The zero-order valence-corrected chi connectivity index (χ0v) is 11.4. The Morgan fingerprint density at radius 1 is 1.28 bits per heavy atom. The van der Waals surface area contributed by atoms with E-state index in [-0.39, 0.29) is 0 Å². The highest BCUT2D eigenvalue weighted by Crippen LogP contribution is 2.35. The fourth-order valence-electron chi connectivity index (χ4n) is 3.42. The first kappa shape index (κ1) is 12.2. The molecule has 3 rings (SSSR count). The molecule has 1 aliphatic carbocycles. The van der Waals surface area contributed by atoms with Crippen LogP contribution in [0.3, 0.4) is 0 Å². The van der Waals surface area contributed by atoms with Gasteiger partial charge in [-0.25, -0.2) is 4.98 Å². The molecule has 2 N–H and O–H groups in total. The number of hydrogen-bond acceptors (Lipinski definition) is 3. The second-order valence-electron chi connectivity index (χ2n) is 5.77. The summed E-state index contributed by atoms with van der Waals surface area (Å²) in [4.78, 5) is 7.34. The number of imidazole rings is 1. The number of fused-ring (bicyclic) bond motifs is 1. The highest BCUT2D eigenvalue weighted by atomic mass is 15.2. The van der Waals surface area contributed by atoms with Gasteiger partial charge >= 0.3 is 0 Å². The van der Waals surface area contributed by atoms with Crippen molar-refractivity contribution < 1.29 is 0 Å². The fraction of sp³-hybridized carbons (Fsp3) is 0.786. The quantitative estimate of drug-likeness (QED) is 0.881. The van der Waals surface area contributed by atoms with Gasteiger partial charge in [0.1, 0.15) is 5.82 Å². The molecule has 1 aromatic heterocycles. The minimum atomic E-state index is 0.706. The Labute approximate surface area is 109 Å². The summed E-state index contributed by atoms with van der Waals surface area (Å²) >= 11 is 0. The molecule has 4 heteroatoms. The van der Waals surface area contributed by atoms with Crippen LogP contribution >= 0.6 is 0 Å². The van der Waals surface area contributed by atoms with Gasteiger partial charge in [-0.2, -0.15) is 0 Å². The second kappa shape index (κ2) is 5.02. The van der Waals surface area contributed by atoms with Crippen LogP contribution < -0.4 is 5.73 Å². The van der Waals surface area contributed by atoms with E-state index in [0.717, 1.165) is 26.1 Å². The van der Waals surface area contributed by atoms with Crippen molar-refractivity contribution in [2.24, 2.45) is 5.73 Å². The Morgan fingerprint density at radius 3 is 2.78 bits per heavy atom. The van der Waals surface area contributed by atoms with E-state index in [9.17, 15) is 0 Å². The number of aromatic nitrogens is 2. The molecule has 0 atom stereocenters. The molecule has 0 bridgehead atoms. The van der Waals surface area contributed by atoms with E-state index in [4.69, 9.17) is 10.7 Å². The average molecular weight is 248 g/mol. The molecule has 0 saturated heterocycles. The van der Waals surface area contributed by atoms with Crippen LogP contribution in [0.4, 0.5) is 0 Å². The SMILES string of the molecule is CN1CCn2c(C3CCCC3)nc(CCN)c2C1. The van der Waals surface area contributed by atoms with Crippen LogP contribution in [0.2, 0.25) is 0 Å². The Hall–Kier alpha value is -0.870. The van der Waals surface area contributed by atoms with Crippen LogP contribution in [0, 0.1) is 0 Å². The topological polar surface area (TPSA) is 47.1 Å². The molecule has 1 aliphatic heterocycles. The molecular formula is C14H24N4. The van der Waals surface area contributed by atoms with Crippen LogP contribution in [0.15, 0.2) is 0 Å². The number of nitrogens with zero attached hydrogens (tertiary/aromatic N) is 3. The number of hydrogen-bond donors (Lipinski definition) is 1. The van der Waals surface area contributed by atoms with Gasteiger partial charge in [-0.3, -0.25) is 4.90 Å². The van der Waals surface area contributed by atoms with E-state index >= 15 is 0 Å². The van der Waals surface area contributed by atoms with Crippen LogP contribution in [0.5, 0.6) is 0 Å². The Bertz CT molecular complexity index is 418. The molecule has 2 aliphatic rings. The lowest BCUT2D eigenvalue weighted by Gasteiger charge is -2.26. The van der Waals surface area contributed by atoms with Gasteiger partial charge in [0, 0.05) is 32.0 Å². The van der Waals surface area contributed by atoms with Gasteiger partial charge in [-0.1, -0.05) is 12.8 Å². The molecule has 0 amide bonds. The first-order valence-corrected chi connectivity index (χ1v) is 7.26. The first-order chi connectivity index (χ1) is 8.79.